The summed E-state index contributed by atoms with van der Waals surface area (Å²) in [6.45, 7) is 3.10. The van der Waals surface area contributed by atoms with Gasteiger partial charge in [-0.3, -0.25) is 4.68 Å². The SMILES string of the molecule is C[C@H](CCn1cccn1)n1ccnc1-c1ccc2nsnc2c1. The molecule has 3 heterocycles. The number of nitrogens with zero attached hydrogens (tertiary/aromatic N) is 6. The molecule has 4 rings (SSSR count). The van der Waals surface area contributed by atoms with Gasteiger partial charge >= 0.3 is 0 Å². The maximum absolute atomic E-state index is 4.54. The van der Waals surface area contributed by atoms with E-state index >= 15 is 0 Å². The zero-order valence-corrected chi connectivity index (χ0v) is 13.5. The van der Waals surface area contributed by atoms with Gasteiger partial charge in [0.15, 0.2) is 0 Å². The Hall–Kier alpha value is -2.54. The highest BCUT2D eigenvalue weighted by Gasteiger charge is 2.13. The van der Waals surface area contributed by atoms with Gasteiger partial charge in [-0.25, -0.2) is 4.98 Å². The molecule has 0 N–H and O–H groups in total. The van der Waals surface area contributed by atoms with Gasteiger partial charge in [-0.15, -0.1) is 0 Å². The molecule has 6 nitrogen and oxygen atoms in total. The molecule has 0 amide bonds. The summed E-state index contributed by atoms with van der Waals surface area (Å²) in [5.41, 5.74) is 2.93. The molecule has 0 unspecified atom stereocenters. The van der Waals surface area contributed by atoms with Gasteiger partial charge in [0.05, 0.1) is 11.7 Å². The Morgan fingerprint density at radius 3 is 2.91 bits per heavy atom. The average Bonchev–Trinajstić information content (AvgIpc) is 3.32. The number of rotatable bonds is 5. The van der Waals surface area contributed by atoms with E-state index in [1.165, 1.54) is 11.7 Å². The van der Waals surface area contributed by atoms with Crippen LogP contribution in [0.5, 0.6) is 0 Å². The lowest BCUT2D eigenvalue weighted by Gasteiger charge is -2.16. The molecular formula is C16H16N6S. The summed E-state index contributed by atoms with van der Waals surface area (Å²) >= 11 is 1.24. The van der Waals surface area contributed by atoms with Crippen LogP contribution >= 0.6 is 11.7 Å². The van der Waals surface area contributed by atoms with Crippen LogP contribution in [0.25, 0.3) is 22.4 Å². The molecule has 3 aromatic heterocycles. The first-order valence-electron chi connectivity index (χ1n) is 7.54. The number of fused-ring (bicyclic) bond motifs is 1. The number of benzene rings is 1. The summed E-state index contributed by atoms with van der Waals surface area (Å²) in [5.74, 6) is 0.966. The van der Waals surface area contributed by atoms with E-state index in [4.69, 9.17) is 0 Å². The van der Waals surface area contributed by atoms with Crippen LogP contribution in [0.3, 0.4) is 0 Å². The van der Waals surface area contributed by atoms with E-state index in [1.54, 1.807) is 0 Å². The third-order valence-electron chi connectivity index (χ3n) is 3.99. The van der Waals surface area contributed by atoms with E-state index < -0.39 is 0 Å². The summed E-state index contributed by atoms with van der Waals surface area (Å²) < 4.78 is 12.7. The van der Waals surface area contributed by atoms with Crippen LogP contribution in [0, 0.1) is 0 Å². The standard InChI is InChI=1S/C16H16N6S/c1-12(5-9-21-8-2-6-18-21)22-10-7-17-16(22)13-3-4-14-15(11-13)20-23-19-14/h2-4,6-8,10-12H,5,9H2,1H3/t12-/m1/s1. The third kappa shape index (κ3) is 2.75. The van der Waals surface area contributed by atoms with Crippen LogP contribution in [0.15, 0.2) is 49.1 Å². The fourth-order valence-electron chi connectivity index (χ4n) is 2.70. The van der Waals surface area contributed by atoms with Crippen molar-refractivity contribution in [3.05, 3.63) is 49.1 Å². The van der Waals surface area contributed by atoms with Crippen molar-refractivity contribution in [1.82, 2.24) is 28.1 Å². The first-order valence-corrected chi connectivity index (χ1v) is 8.27. The number of hydrogen-bond acceptors (Lipinski definition) is 5. The highest BCUT2D eigenvalue weighted by atomic mass is 32.1. The van der Waals surface area contributed by atoms with Crippen LogP contribution in [0.4, 0.5) is 0 Å². The molecule has 1 aromatic carbocycles. The van der Waals surface area contributed by atoms with E-state index in [0.29, 0.717) is 6.04 Å². The highest BCUT2D eigenvalue weighted by molar-refractivity contribution is 7.00. The van der Waals surface area contributed by atoms with E-state index in [0.717, 1.165) is 35.4 Å². The summed E-state index contributed by atoms with van der Waals surface area (Å²) in [4.78, 5) is 4.54. The minimum Gasteiger partial charge on any atom is -0.328 e. The molecule has 0 saturated heterocycles. The zero-order chi connectivity index (χ0) is 15.6. The topological polar surface area (TPSA) is 61.4 Å². The van der Waals surface area contributed by atoms with E-state index in [9.17, 15) is 0 Å². The third-order valence-corrected chi connectivity index (χ3v) is 4.55. The lowest BCUT2D eigenvalue weighted by Crippen LogP contribution is -2.10. The van der Waals surface area contributed by atoms with Gasteiger partial charge in [0.25, 0.3) is 0 Å². The van der Waals surface area contributed by atoms with Gasteiger partial charge in [0.2, 0.25) is 0 Å². The molecule has 0 saturated carbocycles. The molecule has 0 aliphatic carbocycles. The number of aromatic nitrogens is 6. The van der Waals surface area contributed by atoms with Crippen molar-refractivity contribution < 1.29 is 0 Å². The number of aryl methyl sites for hydroxylation is 1. The van der Waals surface area contributed by atoms with Gasteiger partial charge in [0.1, 0.15) is 16.9 Å². The number of imidazole rings is 1. The van der Waals surface area contributed by atoms with Crippen molar-refractivity contribution in [3.8, 4) is 11.4 Å². The van der Waals surface area contributed by atoms with Crippen LogP contribution in [0.1, 0.15) is 19.4 Å². The molecule has 0 spiro atoms. The first-order chi connectivity index (χ1) is 11.3. The van der Waals surface area contributed by atoms with Crippen molar-refractivity contribution in [2.45, 2.75) is 25.9 Å². The van der Waals surface area contributed by atoms with Crippen LogP contribution in [-0.4, -0.2) is 28.1 Å². The molecule has 0 aliphatic heterocycles. The van der Waals surface area contributed by atoms with E-state index in [1.807, 2.05) is 41.6 Å². The Kier molecular flexibility index (Phi) is 3.63. The maximum Gasteiger partial charge on any atom is 0.140 e. The predicted molar refractivity (Wildman–Crippen MR) is 90.2 cm³/mol. The predicted octanol–water partition coefficient (Wildman–Crippen LogP) is 3.40. The summed E-state index contributed by atoms with van der Waals surface area (Å²) in [5, 5.41) is 4.26. The fraction of sp³-hybridized carbons (Fsp3) is 0.250. The minimum atomic E-state index is 0.334. The van der Waals surface area contributed by atoms with Crippen molar-refractivity contribution in [1.29, 1.82) is 0 Å². The van der Waals surface area contributed by atoms with Crippen molar-refractivity contribution in [2.24, 2.45) is 0 Å². The minimum absolute atomic E-state index is 0.334. The second-order valence-corrected chi connectivity index (χ2v) is 6.06. The lowest BCUT2D eigenvalue weighted by molar-refractivity contribution is 0.449. The Bertz CT molecular complexity index is 908. The molecule has 116 valence electrons. The number of hydrogen-bond donors (Lipinski definition) is 0. The first kappa shape index (κ1) is 14.1. The smallest absolute Gasteiger partial charge is 0.140 e. The molecule has 23 heavy (non-hydrogen) atoms. The zero-order valence-electron chi connectivity index (χ0n) is 12.7. The Morgan fingerprint density at radius 2 is 2.04 bits per heavy atom. The quantitative estimate of drug-likeness (QED) is 0.564. The summed E-state index contributed by atoms with van der Waals surface area (Å²) in [7, 11) is 0. The summed E-state index contributed by atoms with van der Waals surface area (Å²) in [6, 6.07) is 8.40. The molecule has 0 bridgehead atoms. The van der Waals surface area contributed by atoms with Gasteiger partial charge in [-0.2, -0.15) is 13.8 Å². The Morgan fingerprint density at radius 1 is 1.13 bits per heavy atom. The van der Waals surface area contributed by atoms with Crippen LogP contribution < -0.4 is 0 Å². The molecule has 1 atom stereocenters. The van der Waals surface area contributed by atoms with Gasteiger partial charge in [0, 0.05) is 42.9 Å². The largest absolute Gasteiger partial charge is 0.328 e. The molecular weight excluding hydrogens is 308 g/mol. The molecule has 0 radical (unpaired) electrons. The average molecular weight is 324 g/mol. The fourth-order valence-corrected chi connectivity index (χ4v) is 3.22. The van der Waals surface area contributed by atoms with Gasteiger partial charge in [-0.05, 0) is 37.6 Å². The lowest BCUT2D eigenvalue weighted by atomic mass is 10.1. The maximum atomic E-state index is 4.54. The van der Waals surface area contributed by atoms with Crippen molar-refractivity contribution in [3.63, 3.8) is 0 Å². The van der Waals surface area contributed by atoms with E-state index in [-0.39, 0.29) is 0 Å². The molecule has 4 aromatic rings. The monoisotopic (exact) mass is 324 g/mol. The molecule has 0 fully saturated rings. The van der Waals surface area contributed by atoms with Crippen LogP contribution in [0.2, 0.25) is 0 Å². The Labute approximate surface area is 137 Å². The summed E-state index contributed by atoms with van der Waals surface area (Å²) in [6.07, 6.45) is 8.68. The molecule has 7 heteroatoms. The van der Waals surface area contributed by atoms with E-state index in [2.05, 4.69) is 42.5 Å². The highest BCUT2D eigenvalue weighted by Crippen LogP contribution is 2.25. The van der Waals surface area contributed by atoms with Crippen molar-refractivity contribution in [2.75, 3.05) is 0 Å². The van der Waals surface area contributed by atoms with Gasteiger partial charge in [-0.1, -0.05) is 0 Å². The Balaban J connectivity index is 1.59. The second kappa shape index (κ2) is 5.92. The molecule has 0 aliphatic rings. The normalized spacial score (nSPS) is 12.7. The van der Waals surface area contributed by atoms with Crippen LogP contribution in [-0.2, 0) is 6.54 Å². The second-order valence-electron chi connectivity index (χ2n) is 5.53. The van der Waals surface area contributed by atoms with Gasteiger partial charge < -0.3 is 4.57 Å². The van der Waals surface area contributed by atoms with Crippen molar-refractivity contribution >= 4 is 22.8 Å².